The van der Waals surface area contributed by atoms with E-state index >= 15 is 0 Å². The number of rotatable bonds is 2. The minimum Gasteiger partial charge on any atom is -0.382 e. The highest BCUT2D eigenvalue weighted by molar-refractivity contribution is 7.13. The van der Waals surface area contributed by atoms with Gasteiger partial charge in [-0.25, -0.2) is 19.9 Å². The fourth-order valence-electron chi connectivity index (χ4n) is 2.39. The number of nitrogens with zero attached hydrogens (tertiary/aromatic N) is 4. The van der Waals surface area contributed by atoms with Crippen LogP contribution >= 0.6 is 11.3 Å². The summed E-state index contributed by atoms with van der Waals surface area (Å²) in [5, 5.41) is 2.93. The van der Waals surface area contributed by atoms with Crippen LogP contribution in [0.4, 0.5) is 5.82 Å². The number of benzene rings is 1. The average Bonchev–Trinajstić information content (AvgIpc) is 3.09. The number of aromatic nitrogens is 4. The molecule has 7 heteroatoms. The molecule has 108 valence electrons. The van der Waals surface area contributed by atoms with Crippen molar-refractivity contribution in [2.75, 3.05) is 5.73 Å². The van der Waals surface area contributed by atoms with Gasteiger partial charge >= 0.3 is 0 Å². The third kappa shape index (κ3) is 2.55. The van der Waals surface area contributed by atoms with Crippen molar-refractivity contribution in [2.45, 2.75) is 0 Å². The molecule has 2 N–H and O–H groups in total. The topological polar surface area (TPSA) is 77.6 Å². The second kappa shape index (κ2) is 5.44. The maximum absolute atomic E-state index is 5.91. The van der Waals surface area contributed by atoms with Gasteiger partial charge in [0.05, 0.1) is 16.9 Å². The predicted octanol–water partition coefficient (Wildman–Crippen LogP) is 2.19. The Labute approximate surface area is 137 Å². The van der Waals surface area contributed by atoms with E-state index < -0.39 is 0 Å². The van der Waals surface area contributed by atoms with Gasteiger partial charge < -0.3 is 5.73 Å². The quantitative estimate of drug-likeness (QED) is 0.574. The molecule has 0 saturated carbocycles. The van der Waals surface area contributed by atoms with Gasteiger partial charge in [0.25, 0.3) is 0 Å². The Balaban J connectivity index is 1.85. The molecule has 4 rings (SSSR count). The minimum atomic E-state index is 0.148. The molecular weight excluding hydrogens is 305 g/mol. The Hall–Kier alpha value is -2.80. The van der Waals surface area contributed by atoms with Crippen LogP contribution in [0.5, 0.6) is 0 Å². The van der Waals surface area contributed by atoms with Gasteiger partial charge in [-0.2, -0.15) is 0 Å². The summed E-state index contributed by atoms with van der Waals surface area (Å²) < 4.78 is 0. The van der Waals surface area contributed by atoms with Gasteiger partial charge in [0, 0.05) is 22.7 Å². The lowest BCUT2D eigenvalue weighted by Gasteiger charge is -2.06. The van der Waals surface area contributed by atoms with E-state index in [-0.39, 0.29) is 11.5 Å². The van der Waals surface area contributed by atoms with Crippen molar-refractivity contribution in [1.82, 2.24) is 19.9 Å². The van der Waals surface area contributed by atoms with Gasteiger partial charge in [-0.05, 0) is 18.2 Å². The van der Waals surface area contributed by atoms with Crippen LogP contribution in [0.15, 0.2) is 48.0 Å². The first kappa shape index (κ1) is 13.8. The molecule has 4 aromatic rings. The van der Waals surface area contributed by atoms with Crippen molar-refractivity contribution in [2.24, 2.45) is 0 Å². The lowest BCUT2D eigenvalue weighted by molar-refractivity contribution is 1.26. The van der Waals surface area contributed by atoms with Gasteiger partial charge in [0.2, 0.25) is 0 Å². The molecular formula is C16H10BN5S. The van der Waals surface area contributed by atoms with Crippen molar-refractivity contribution < 1.29 is 0 Å². The summed E-state index contributed by atoms with van der Waals surface area (Å²) in [6, 6.07) is 11.8. The van der Waals surface area contributed by atoms with Gasteiger partial charge in [-0.3, -0.25) is 0 Å². The van der Waals surface area contributed by atoms with Crippen molar-refractivity contribution >= 4 is 41.8 Å². The lowest BCUT2D eigenvalue weighted by atomic mass is 10.1. The Morgan fingerprint density at radius 3 is 2.70 bits per heavy atom. The Bertz CT molecular complexity index is 1000. The van der Waals surface area contributed by atoms with Crippen LogP contribution in [0.2, 0.25) is 0 Å². The summed E-state index contributed by atoms with van der Waals surface area (Å²) in [5.41, 5.74) is 10.1. The largest absolute Gasteiger partial charge is 0.382 e. The van der Waals surface area contributed by atoms with E-state index in [0.717, 1.165) is 21.8 Å². The van der Waals surface area contributed by atoms with Crippen LogP contribution in [0.3, 0.4) is 0 Å². The Morgan fingerprint density at radius 2 is 1.87 bits per heavy atom. The molecule has 0 aliphatic heterocycles. The zero-order valence-electron chi connectivity index (χ0n) is 12.0. The number of hydrogen-bond donors (Lipinski definition) is 1. The predicted molar refractivity (Wildman–Crippen MR) is 93.7 cm³/mol. The standard InChI is InChI=1S/C16H10BN5S/c17-16-21-12-5-4-11(20-13(12)14(18)22-16)9-2-1-3-10(8-9)15-19-6-7-23-15/h1-8H,(H2,18,21,22). The van der Waals surface area contributed by atoms with Crippen molar-refractivity contribution in [1.29, 1.82) is 0 Å². The second-order valence-electron chi connectivity index (χ2n) is 4.95. The second-order valence-corrected chi connectivity index (χ2v) is 5.84. The summed E-state index contributed by atoms with van der Waals surface area (Å²) in [5.74, 6) is 0.283. The van der Waals surface area contributed by atoms with Crippen molar-refractivity contribution in [3.63, 3.8) is 0 Å². The first-order valence-electron chi connectivity index (χ1n) is 6.91. The van der Waals surface area contributed by atoms with Gasteiger partial charge in [0.1, 0.15) is 10.5 Å². The van der Waals surface area contributed by atoms with Crippen LogP contribution in [0.1, 0.15) is 0 Å². The molecule has 5 nitrogen and oxygen atoms in total. The van der Waals surface area contributed by atoms with Crippen LogP contribution in [-0.4, -0.2) is 27.8 Å². The molecule has 0 bridgehead atoms. The molecule has 3 aromatic heterocycles. The maximum atomic E-state index is 5.91. The first-order valence-corrected chi connectivity index (χ1v) is 7.79. The Kier molecular flexibility index (Phi) is 3.27. The third-order valence-corrected chi connectivity index (χ3v) is 4.25. The molecule has 0 atom stereocenters. The van der Waals surface area contributed by atoms with E-state index in [9.17, 15) is 0 Å². The molecule has 1 aromatic carbocycles. The number of pyridine rings is 1. The number of thiazole rings is 1. The molecule has 0 saturated heterocycles. The molecule has 0 fully saturated rings. The fraction of sp³-hybridized carbons (Fsp3) is 0. The number of hydrogen-bond acceptors (Lipinski definition) is 6. The smallest absolute Gasteiger partial charge is 0.170 e. The van der Waals surface area contributed by atoms with Gasteiger partial charge in [-0.1, -0.05) is 18.2 Å². The van der Waals surface area contributed by atoms with E-state index in [1.165, 1.54) is 0 Å². The minimum absolute atomic E-state index is 0.148. The summed E-state index contributed by atoms with van der Waals surface area (Å²) in [6.45, 7) is 0. The summed E-state index contributed by atoms with van der Waals surface area (Å²) in [6.07, 6.45) is 1.80. The molecule has 0 aliphatic carbocycles. The highest BCUT2D eigenvalue weighted by Crippen LogP contribution is 2.27. The van der Waals surface area contributed by atoms with Crippen LogP contribution in [-0.2, 0) is 0 Å². The zero-order valence-corrected chi connectivity index (χ0v) is 12.8. The van der Waals surface area contributed by atoms with Crippen molar-refractivity contribution in [3.8, 4) is 21.8 Å². The van der Waals surface area contributed by atoms with E-state index in [0.29, 0.717) is 11.0 Å². The molecule has 0 unspecified atom stereocenters. The average molecular weight is 315 g/mol. The normalized spacial score (nSPS) is 11.0. The first-order chi connectivity index (χ1) is 11.2. The molecule has 0 amide bonds. The summed E-state index contributed by atoms with van der Waals surface area (Å²) in [4.78, 5) is 17.0. The van der Waals surface area contributed by atoms with Gasteiger partial charge in [0.15, 0.2) is 13.7 Å². The number of anilines is 1. The number of nitrogens with two attached hydrogens (primary N) is 1. The van der Waals surface area contributed by atoms with Crippen LogP contribution < -0.4 is 11.5 Å². The van der Waals surface area contributed by atoms with E-state index in [1.807, 2.05) is 35.7 Å². The fourth-order valence-corrected chi connectivity index (χ4v) is 3.03. The highest BCUT2D eigenvalue weighted by Gasteiger charge is 2.08. The zero-order chi connectivity index (χ0) is 15.8. The highest BCUT2D eigenvalue weighted by atomic mass is 32.1. The van der Waals surface area contributed by atoms with E-state index in [2.05, 4.69) is 26.0 Å². The SMILES string of the molecule is [B]c1nc(N)c2nc(-c3cccc(-c4nccs4)c3)ccc2n1. The monoisotopic (exact) mass is 315 g/mol. The van der Waals surface area contributed by atoms with E-state index in [1.54, 1.807) is 17.5 Å². The molecule has 0 spiro atoms. The summed E-state index contributed by atoms with van der Waals surface area (Å²) in [7, 11) is 5.61. The van der Waals surface area contributed by atoms with E-state index in [4.69, 9.17) is 13.6 Å². The molecule has 0 aliphatic rings. The maximum Gasteiger partial charge on any atom is 0.170 e. The molecule has 3 heterocycles. The third-order valence-electron chi connectivity index (χ3n) is 3.42. The number of fused-ring (bicyclic) bond motifs is 1. The van der Waals surface area contributed by atoms with Crippen molar-refractivity contribution in [3.05, 3.63) is 48.0 Å². The van der Waals surface area contributed by atoms with Crippen LogP contribution in [0.25, 0.3) is 32.9 Å². The van der Waals surface area contributed by atoms with Crippen LogP contribution in [0, 0.1) is 0 Å². The molecule has 2 radical (unpaired) electrons. The lowest BCUT2D eigenvalue weighted by Crippen LogP contribution is -2.15. The summed E-state index contributed by atoms with van der Waals surface area (Å²) >= 11 is 1.60. The van der Waals surface area contributed by atoms with Gasteiger partial charge in [-0.15, -0.1) is 11.3 Å². The molecule has 23 heavy (non-hydrogen) atoms. The number of nitrogen functional groups attached to an aromatic ring is 1. The Morgan fingerprint density at radius 1 is 1.00 bits per heavy atom.